The number of fused-ring (bicyclic) bond motifs is 1. The molecule has 11 heteroatoms. The van der Waals surface area contributed by atoms with E-state index in [1.807, 2.05) is 49.4 Å². The summed E-state index contributed by atoms with van der Waals surface area (Å²) in [5.74, 6) is -2.87. The number of carboxylic acid groups (broad SMARTS) is 1. The summed E-state index contributed by atoms with van der Waals surface area (Å²) >= 11 is 4.14. The fourth-order valence-electron chi connectivity index (χ4n) is 4.73. The van der Waals surface area contributed by atoms with Crippen LogP contribution in [0, 0.1) is 18.6 Å². The van der Waals surface area contributed by atoms with E-state index in [-0.39, 0.29) is 18.4 Å². The molecule has 40 heavy (non-hydrogen) atoms. The number of hydrogen-bond donors (Lipinski definition) is 2. The van der Waals surface area contributed by atoms with Crippen LogP contribution in [0.15, 0.2) is 54.6 Å². The summed E-state index contributed by atoms with van der Waals surface area (Å²) in [5.41, 5.74) is 0.680. The average molecular weight is 597 g/mol. The molecule has 1 fully saturated rings. The minimum absolute atomic E-state index is 0.227. The number of rotatable bonds is 7. The van der Waals surface area contributed by atoms with E-state index in [1.165, 1.54) is 46.3 Å². The van der Waals surface area contributed by atoms with E-state index >= 15 is 0 Å². The first-order valence-electron chi connectivity index (χ1n) is 12.4. The molecule has 0 aliphatic heterocycles. The van der Waals surface area contributed by atoms with Gasteiger partial charge in [0.1, 0.15) is 17.7 Å². The molecular weight excluding hydrogens is 575 g/mol. The zero-order valence-corrected chi connectivity index (χ0v) is 23.7. The predicted molar refractivity (Wildman–Crippen MR) is 154 cm³/mol. The van der Waals surface area contributed by atoms with Gasteiger partial charge in [-0.1, -0.05) is 30.3 Å². The molecule has 3 aromatic heterocycles. The summed E-state index contributed by atoms with van der Waals surface area (Å²) in [6, 6.07) is 15.7. The smallest absolute Gasteiger partial charge is 0.412 e. The number of aliphatic carboxylic acids is 1. The van der Waals surface area contributed by atoms with Gasteiger partial charge in [-0.05, 0) is 73.6 Å². The number of carbonyl (C=O) groups excluding carboxylic acids is 1. The number of thiophene rings is 2. The molecule has 2 aromatic carbocycles. The van der Waals surface area contributed by atoms with Gasteiger partial charge in [-0.25, -0.2) is 13.6 Å². The molecule has 1 amide bonds. The fraction of sp³-hybridized carbons (Fsp3) is 0.207. The number of nitrogens with zero attached hydrogens (tertiary/aromatic N) is 1. The lowest BCUT2D eigenvalue weighted by molar-refractivity contribution is -0.140. The number of nitrogens with one attached hydrogen (secondary N) is 1. The van der Waals surface area contributed by atoms with Crippen molar-refractivity contribution in [3.8, 4) is 20.2 Å². The number of amides is 1. The highest BCUT2D eigenvalue weighted by atomic mass is 32.1. The number of hydrogen-bond acceptors (Lipinski definition) is 7. The van der Waals surface area contributed by atoms with Gasteiger partial charge in [0.25, 0.3) is 0 Å². The number of aromatic nitrogens is 1. The zero-order valence-electron chi connectivity index (χ0n) is 21.3. The molecule has 0 saturated heterocycles. The molecule has 0 unspecified atom stereocenters. The predicted octanol–water partition coefficient (Wildman–Crippen LogP) is 8.77. The van der Waals surface area contributed by atoms with Crippen LogP contribution in [0.25, 0.3) is 29.6 Å². The topological polar surface area (TPSA) is 88.5 Å². The lowest BCUT2D eigenvalue weighted by Gasteiger charge is -2.14. The molecule has 0 bridgehead atoms. The molecule has 1 saturated carbocycles. The molecule has 1 aliphatic rings. The van der Waals surface area contributed by atoms with Crippen molar-refractivity contribution >= 4 is 61.4 Å². The van der Waals surface area contributed by atoms with Crippen LogP contribution in [-0.4, -0.2) is 21.5 Å². The van der Waals surface area contributed by atoms with Crippen molar-refractivity contribution in [1.29, 1.82) is 0 Å². The second-order valence-electron chi connectivity index (χ2n) is 9.71. The highest BCUT2D eigenvalue weighted by Crippen LogP contribution is 2.51. The molecule has 1 atom stereocenters. The molecule has 0 spiro atoms. The van der Waals surface area contributed by atoms with E-state index in [0.29, 0.717) is 21.8 Å². The lowest BCUT2D eigenvalue weighted by atomic mass is 9.93. The van der Waals surface area contributed by atoms with Crippen LogP contribution in [0.4, 0.5) is 19.3 Å². The Morgan fingerprint density at radius 1 is 1.02 bits per heavy atom. The van der Waals surface area contributed by atoms with Crippen LogP contribution in [-0.2, 0) is 14.9 Å². The number of aryl methyl sites for hydroxylation is 1. The Balaban J connectivity index is 1.24. The van der Waals surface area contributed by atoms with Gasteiger partial charge in [-0.15, -0.1) is 22.7 Å². The minimum Gasteiger partial charge on any atom is -0.481 e. The number of benzene rings is 2. The maximum absolute atomic E-state index is 14.9. The molecule has 0 radical (unpaired) electrons. The Hall–Kier alpha value is -3.67. The van der Waals surface area contributed by atoms with E-state index < -0.39 is 35.2 Å². The van der Waals surface area contributed by atoms with Gasteiger partial charge in [-0.2, -0.15) is 4.37 Å². The molecule has 6 rings (SSSR count). The number of halogens is 2. The van der Waals surface area contributed by atoms with Crippen molar-refractivity contribution in [3.05, 3.63) is 83.1 Å². The summed E-state index contributed by atoms with van der Waals surface area (Å²) in [6.45, 7) is 3.62. The number of ether oxygens (including phenoxy) is 1. The van der Waals surface area contributed by atoms with Crippen LogP contribution in [0.1, 0.15) is 42.7 Å². The van der Waals surface area contributed by atoms with Crippen molar-refractivity contribution in [3.63, 3.8) is 0 Å². The second-order valence-corrected chi connectivity index (χ2v) is 12.6. The lowest BCUT2D eigenvalue weighted by Crippen LogP contribution is -2.22. The van der Waals surface area contributed by atoms with Gasteiger partial charge in [-0.3, -0.25) is 10.1 Å². The molecule has 2 N–H and O–H groups in total. The summed E-state index contributed by atoms with van der Waals surface area (Å²) in [4.78, 5) is 26.7. The summed E-state index contributed by atoms with van der Waals surface area (Å²) in [7, 11) is 0. The van der Waals surface area contributed by atoms with Crippen LogP contribution in [0.3, 0.4) is 0 Å². The Morgan fingerprint density at radius 3 is 2.27 bits per heavy atom. The van der Waals surface area contributed by atoms with Gasteiger partial charge in [0.15, 0.2) is 0 Å². The molecule has 3 heterocycles. The minimum atomic E-state index is -1.46. The summed E-state index contributed by atoms with van der Waals surface area (Å²) < 4.78 is 41.7. The highest BCUT2D eigenvalue weighted by Gasteiger charge is 2.55. The average Bonchev–Trinajstić information content (AvgIpc) is 3.28. The van der Waals surface area contributed by atoms with E-state index in [9.17, 15) is 23.5 Å². The van der Waals surface area contributed by atoms with E-state index in [2.05, 4.69) is 9.69 Å². The Bertz CT molecular complexity index is 1720. The third-order valence-electron chi connectivity index (χ3n) is 7.04. The Labute approximate surface area is 240 Å². The van der Waals surface area contributed by atoms with Crippen LogP contribution < -0.4 is 5.32 Å². The number of carbonyl (C=O) groups is 2. The third-order valence-corrected chi connectivity index (χ3v) is 10.5. The monoisotopic (exact) mass is 596 g/mol. The molecule has 5 aromatic rings. The maximum Gasteiger partial charge on any atom is 0.412 e. The second kappa shape index (κ2) is 10.1. The quantitative estimate of drug-likeness (QED) is 0.196. The van der Waals surface area contributed by atoms with Gasteiger partial charge < -0.3 is 9.84 Å². The standard InChI is InChI=1S/C29H22F2N2O4S3/c1-14-25(32-28(36)37-15(2)16-6-4-3-5-7-16)26(40-33-14)23-13-22-21(39-23)12-20(38-22)17-10-18(30)24(19(31)11-17)29(8-9-29)27(34)35/h3-7,10-13,15H,8-9H2,1-2H3,(H,32,36)(H,34,35)/t15-/m1/s1. The molecular formula is C29H22F2N2O4S3. The van der Waals surface area contributed by atoms with Crippen molar-refractivity contribution in [1.82, 2.24) is 4.37 Å². The molecule has 204 valence electrons. The SMILES string of the molecule is Cc1nsc(-c2cc3sc(-c4cc(F)c(C5(C(=O)O)CC5)c(F)c4)cc3s2)c1NC(=O)O[C@H](C)c1ccccc1. The van der Waals surface area contributed by atoms with Gasteiger partial charge in [0, 0.05) is 19.8 Å². The molecule has 1 aliphatic carbocycles. The Morgan fingerprint density at radius 2 is 1.65 bits per heavy atom. The largest absolute Gasteiger partial charge is 0.481 e. The molecule has 6 nitrogen and oxygen atoms in total. The highest BCUT2D eigenvalue weighted by molar-refractivity contribution is 7.32. The van der Waals surface area contributed by atoms with Gasteiger partial charge in [0.05, 0.1) is 26.6 Å². The first-order chi connectivity index (χ1) is 19.2. The van der Waals surface area contributed by atoms with Crippen molar-refractivity contribution in [2.24, 2.45) is 0 Å². The van der Waals surface area contributed by atoms with Crippen LogP contribution >= 0.6 is 34.2 Å². The first kappa shape index (κ1) is 26.5. The zero-order chi connectivity index (χ0) is 28.2. The van der Waals surface area contributed by atoms with Crippen molar-refractivity contribution in [2.45, 2.75) is 38.2 Å². The Kier molecular flexibility index (Phi) is 6.68. The first-order valence-corrected chi connectivity index (χ1v) is 14.8. The van der Waals surface area contributed by atoms with Crippen molar-refractivity contribution < 1.29 is 28.2 Å². The van der Waals surface area contributed by atoms with E-state index in [1.54, 1.807) is 6.92 Å². The van der Waals surface area contributed by atoms with Gasteiger partial charge in [0.2, 0.25) is 0 Å². The van der Waals surface area contributed by atoms with Crippen LogP contribution in [0.2, 0.25) is 0 Å². The van der Waals surface area contributed by atoms with E-state index in [0.717, 1.165) is 24.7 Å². The fourth-order valence-corrected chi connectivity index (χ4v) is 8.05. The summed E-state index contributed by atoms with van der Waals surface area (Å²) in [5, 5.41) is 12.3. The summed E-state index contributed by atoms with van der Waals surface area (Å²) in [6.07, 6.45) is -0.551. The normalized spacial score (nSPS) is 14.7. The van der Waals surface area contributed by atoms with Crippen LogP contribution in [0.5, 0.6) is 0 Å². The van der Waals surface area contributed by atoms with E-state index in [4.69, 9.17) is 4.74 Å². The number of carboxylic acids is 1. The van der Waals surface area contributed by atoms with Crippen molar-refractivity contribution in [2.75, 3.05) is 5.32 Å². The van der Waals surface area contributed by atoms with Gasteiger partial charge >= 0.3 is 12.1 Å². The number of anilines is 1. The maximum atomic E-state index is 14.9. The third kappa shape index (κ3) is 4.67.